The van der Waals surface area contributed by atoms with Crippen LogP contribution in [0.25, 0.3) is 0 Å². The molecular formula is C14H17NO5. The van der Waals surface area contributed by atoms with E-state index in [1.54, 1.807) is 6.92 Å². The third-order valence-electron chi connectivity index (χ3n) is 3.22. The fraction of sp³-hybridized carbons (Fsp3) is 0.429. The average molecular weight is 279 g/mol. The third kappa shape index (κ3) is 2.84. The van der Waals surface area contributed by atoms with Crippen molar-refractivity contribution in [3.63, 3.8) is 0 Å². The van der Waals surface area contributed by atoms with Crippen LogP contribution in [0, 0.1) is 0 Å². The van der Waals surface area contributed by atoms with Crippen LogP contribution in [0.1, 0.15) is 31.4 Å². The minimum absolute atomic E-state index is 0.0158. The highest BCUT2D eigenvalue weighted by Gasteiger charge is 2.37. The van der Waals surface area contributed by atoms with Gasteiger partial charge in [0.2, 0.25) is 6.41 Å². The summed E-state index contributed by atoms with van der Waals surface area (Å²) in [6.45, 7) is 2.12. The molecule has 0 spiro atoms. The number of carbonyl (C=O) groups excluding carboxylic acids is 1. The molecule has 1 unspecified atom stereocenters. The maximum absolute atomic E-state index is 11.5. The normalized spacial score (nSPS) is 15.4. The molecule has 0 radical (unpaired) electrons. The van der Waals surface area contributed by atoms with Crippen molar-refractivity contribution in [2.75, 3.05) is 6.61 Å². The van der Waals surface area contributed by atoms with E-state index in [4.69, 9.17) is 4.74 Å². The molecule has 0 aliphatic heterocycles. The van der Waals surface area contributed by atoms with Gasteiger partial charge in [0.15, 0.2) is 17.5 Å². The molecule has 1 aliphatic carbocycles. The van der Waals surface area contributed by atoms with Gasteiger partial charge in [0.25, 0.3) is 0 Å². The Labute approximate surface area is 116 Å². The van der Waals surface area contributed by atoms with Crippen molar-refractivity contribution < 1.29 is 24.5 Å². The molecule has 1 aromatic rings. The van der Waals surface area contributed by atoms with E-state index in [0.29, 0.717) is 18.6 Å². The maximum Gasteiger partial charge on any atom is 0.331 e. The Hall–Kier alpha value is -2.24. The van der Waals surface area contributed by atoms with Gasteiger partial charge < -0.3 is 19.8 Å². The second-order valence-corrected chi connectivity index (χ2v) is 4.68. The van der Waals surface area contributed by atoms with Crippen molar-refractivity contribution in [3.05, 3.63) is 23.8 Å². The Balaban J connectivity index is 2.35. The second-order valence-electron chi connectivity index (χ2n) is 4.68. The molecule has 0 aromatic heterocycles. The first-order valence-corrected chi connectivity index (χ1v) is 6.49. The molecule has 2 rings (SSSR count). The lowest BCUT2D eigenvalue weighted by atomic mass is 10.0. The van der Waals surface area contributed by atoms with Crippen LogP contribution in [0.4, 0.5) is 0 Å². The second kappa shape index (κ2) is 5.81. The number of phenols is 1. The van der Waals surface area contributed by atoms with Gasteiger partial charge in [0.1, 0.15) is 0 Å². The predicted molar refractivity (Wildman–Crippen MR) is 70.6 cm³/mol. The van der Waals surface area contributed by atoms with E-state index in [1.807, 2.05) is 0 Å². The number of benzene rings is 1. The molecule has 1 aromatic carbocycles. The first kappa shape index (κ1) is 14.2. The molecule has 0 saturated heterocycles. The lowest BCUT2D eigenvalue weighted by Crippen LogP contribution is -2.34. The summed E-state index contributed by atoms with van der Waals surface area (Å²) in [4.78, 5) is 24.0. The molecule has 20 heavy (non-hydrogen) atoms. The summed E-state index contributed by atoms with van der Waals surface area (Å²) in [6.07, 6.45) is 2.21. The van der Waals surface area contributed by atoms with E-state index >= 15 is 0 Å². The summed E-state index contributed by atoms with van der Waals surface area (Å²) in [5.41, 5.74) is 0.415. The van der Waals surface area contributed by atoms with Gasteiger partial charge in [-0.05, 0) is 37.5 Å². The molecule has 1 atom stereocenters. The lowest BCUT2D eigenvalue weighted by Gasteiger charge is -2.25. The summed E-state index contributed by atoms with van der Waals surface area (Å²) in [5, 5.41) is 19.0. The number of hydrogen-bond donors (Lipinski definition) is 2. The van der Waals surface area contributed by atoms with Gasteiger partial charge in [0, 0.05) is 6.04 Å². The van der Waals surface area contributed by atoms with Crippen molar-refractivity contribution in [2.45, 2.75) is 31.8 Å². The van der Waals surface area contributed by atoms with Crippen LogP contribution in [0.5, 0.6) is 11.5 Å². The molecule has 1 saturated carbocycles. The molecule has 108 valence electrons. The zero-order chi connectivity index (χ0) is 14.7. The van der Waals surface area contributed by atoms with Crippen LogP contribution >= 0.6 is 0 Å². The molecule has 2 N–H and O–H groups in total. The molecule has 6 nitrogen and oxygen atoms in total. The van der Waals surface area contributed by atoms with Gasteiger partial charge in [-0.3, -0.25) is 4.79 Å². The van der Waals surface area contributed by atoms with Crippen LogP contribution in [0.2, 0.25) is 0 Å². The highest BCUT2D eigenvalue weighted by Crippen LogP contribution is 2.36. The number of aliphatic carboxylic acids is 1. The van der Waals surface area contributed by atoms with E-state index < -0.39 is 12.0 Å². The lowest BCUT2D eigenvalue weighted by molar-refractivity contribution is -0.147. The number of phenolic OH excluding ortho intramolecular Hbond substituents is 1. The van der Waals surface area contributed by atoms with E-state index in [9.17, 15) is 19.8 Å². The zero-order valence-corrected chi connectivity index (χ0v) is 11.2. The standard InChI is InChI=1S/C14H17NO5/c1-2-20-12-7-9(3-6-11(12)17)13(14(18)19)15(8-16)10-4-5-10/h3,6-8,10,13,17H,2,4-5H2,1H3,(H,18,19). The predicted octanol–water partition coefficient (Wildman–Crippen LogP) is 1.54. The Morgan fingerprint density at radius 1 is 1.55 bits per heavy atom. The van der Waals surface area contributed by atoms with Gasteiger partial charge in [-0.15, -0.1) is 0 Å². The Morgan fingerprint density at radius 2 is 2.25 bits per heavy atom. The molecule has 1 fully saturated rings. The van der Waals surface area contributed by atoms with Crippen LogP contribution in [-0.2, 0) is 9.59 Å². The fourth-order valence-corrected chi connectivity index (χ4v) is 2.14. The smallest absolute Gasteiger partial charge is 0.331 e. The number of hydrogen-bond acceptors (Lipinski definition) is 4. The number of nitrogens with zero attached hydrogens (tertiary/aromatic N) is 1. The number of ether oxygens (including phenoxy) is 1. The topological polar surface area (TPSA) is 87.1 Å². The zero-order valence-electron chi connectivity index (χ0n) is 11.2. The number of carboxylic acids is 1. The monoisotopic (exact) mass is 279 g/mol. The van der Waals surface area contributed by atoms with E-state index in [1.165, 1.54) is 23.1 Å². The van der Waals surface area contributed by atoms with Crippen LogP contribution < -0.4 is 4.74 Å². The number of rotatable bonds is 7. The van der Waals surface area contributed by atoms with Gasteiger partial charge in [-0.25, -0.2) is 4.79 Å². The maximum atomic E-state index is 11.5. The molecule has 0 bridgehead atoms. The highest BCUT2D eigenvalue weighted by atomic mass is 16.5. The van der Waals surface area contributed by atoms with Crippen molar-refractivity contribution in [2.24, 2.45) is 0 Å². The number of aromatic hydroxyl groups is 1. The van der Waals surface area contributed by atoms with Crippen LogP contribution in [-0.4, -0.2) is 40.1 Å². The minimum Gasteiger partial charge on any atom is -0.504 e. The Bertz CT molecular complexity index is 512. The fourth-order valence-electron chi connectivity index (χ4n) is 2.14. The van der Waals surface area contributed by atoms with E-state index in [0.717, 1.165) is 12.8 Å². The van der Waals surface area contributed by atoms with Crippen LogP contribution in [0.15, 0.2) is 18.2 Å². The third-order valence-corrected chi connectivity index (χ3v) is 3.22. The quantitative estimate of drug-likeness (QED) is 0.739. The Morgan fingerprint density at radius 3 is 2.75 bits per heavy atom. The molecule has 0 heterocycles. The van der Waals surface area contributed by atoms with E-state index in [-0.39, 0.29) is 17.5 Å². The molecule has 1 aliphatic rings. The number of carboxylic acid groups (broad SMARTS) is 1. The van der Waals surface area contributed by atoms with Gasteiger partial charge >= 0.3 is 5.97 Å². The summed E-state index contributed by atoms with van der Waals surface area (Å²) >= 11 is 0. The minimum atomic E-state index is -1.10. The molecular weight excluding hydrogens is 262 g/mol. The van der Waals surface area contributed by atoms with Crippen molar-refractivity contribution in [3.8, 4) is 11.5 Å². The first-order valence-electron chi connectivity index (χ1n) is 6.49. The van der Waals surface area contributed by atoms with Crippen molar-refractivity contribution in [1.29, 1.82) is 0 Å². The van der Waals surface area contributed by atoms with Crippen molar-refractivity contribution >= 4 is 12.4 Å². The number of carbonyl (C=O) groups is 2. The van der Waals surface area contributed by atoms with Gasteiger partial charge in [-0.1, -0.05) is 6.07 Å². The average Bonchev–Trinajstić information content (AvgIpc) is 3.23. The van der Waals surface area contributed by atoms with Gasteiger partial charge in [-0.2, -0.15) is 0 Å². The highest BCUT2D eigenvalue weighted by molar-refractivity contribution is 5.79. The van der Waals surface area contributed by atoms with Crippen molar-refractivity contribution in [1.82, 2.24) is 4.90 Å². The van der Waals surface area contributed by atoms with Crippen LogP contribution in [0.3, 0.4) is 0 Å². The molecule has 1 amide bonds. The number of amides is 1. The summed E-state index contributed by atoms with van der Waals surface area (Å²) in [7, 11) is 0. The summed E-state index contributed by atoms with van der Waals surface area (Å²) in [5.74, 6) is -0.932. The summed E-state index contributed by atoms with van der Waals surface area (Å²) in [6, 6.07) is 3.27. The first-order chi connectivity index (χ1) is 9.58. The largest absolute Gasteiger partial charge is 0.504 e. The molecule has 6 heteroatoms. The van der Waals surface area contributed by atoms with Gasteiger partial charge in [0.05, 0.1) is 6.61 Å². The summed E-state index contributed by atoms with van der Waals surface area (Å²) < 4.78 is 5.25. The Kier molecular flexibility index (Phi) is 4.12. The van der Waals surface area contributed by atoms with E-state index in [2.05, 4.69) is 0 Å². The SMILES string of the molecule is CCOc1cc(C(C(=O)O)N(C=O)C2CC2)ccc1O.